The second-order valence-electron chi connectivity index (χ2n) is 3.79. The van der Waals surface area contributed by atoms with Crippen LogP contribution in [0, 0.1) is 0 Å². The van der Waals surface area contributed by atoms with E-state index in [9.17, 15) is 9.59 Å². The molecule has 17 heavy (non-hydrogen) atoms. The third-order valence-electron chi connectivity index (χ3n) is 1.86. The molecule has 5 nitrogen and oxygen atoms in total. The molecule has 94 valence electrons. The fourth-order valence-electron chi connectivity index (χ4n) is 1.16. The lowest BCUT2D eigenvalue weighted by atomic mass is 10.4. The molecule has 1 aromatic heterocycles. The summed E-state index contributed by atoms with van der Waals surface area (Å²) in [5.41, 5.74) is 0. The predicted octanol–water partition coefficient (Wildman–Crippen LogP) is 1.19. The number of hydrogen-bond donors (Lipinski definition) is 3. The van der Waals surface area contributed by atoms with Gasteiger partial charge in [0, 0.05) is 19.1 Å². The van der Waals surface area contributed by atoms with Crippen molar-refractivity contribution in [3.05, 3.63) is 22.4 Å². The molecule has 0 unspecified atom stereocenters. The van der Waals surface area contributed by atoms with E-state index in [1.165, 1.54) is 11.3 Å². The maximum absolute atomic E-state index is 11.5. The minimum absolute atomic E-state index is 0.105. The topological polar surface area (TPSA) is 70.2 Å². The molecule has 1 aromatic rings. The van der Waals surface area contributed by atoms with Crippen molar-refractivity contribution in [3.63, 3.8) is 0 Å². The lowest BCUT2D eigenvalue weighted by Crippen LogP contribution is -2.42. The van der Waals surface area contributed by atoms with Gasteiger partial charge in [0.05, 0.1) is 4.88 Å². The Bertz CT molecular complexity index is 363. The van der Waals surface area contributed by atoms with E-state index in [1.54, 1.807) is 6.07 Å². The molecule has 3 amide bonds. The summed E-state index contributed by atoms with van der Waals surface area (Å²) in [6.07, 6.45) is 0. The molecule has 6 heteroatoms. The number of nitrogens with one attached hydrogen (secondary N) is 3. The number of rotatable bonds is 5. The Labute approximate surface area is 105 Å². The summed E-state index contributed by atoms with van der Waals surface area (Å²) in [4.78, 5) is 23.4. The standard InChI is InChI=1S/C11H17N3O2S/c1-8(2)14-11(16)13-6-5-12-10(15)9-4-3-7-17-9/h3-4,7-8H,5-6H2,1-2H3,(H,12,15)(H2,13,14,16). The Hall–Kier alpha value is -1.56. The summed E-state index contributed by atoms with van der Waals surface area (Å²) in [5.74, 6) is -0.105. The average Bonchev–Trinajstić information content (AvgIpc) is 2.76. The average molecular weight is 255 g/mol. The molecule has 0 aliphatic rings. The Morgan fingerprint density at radius 3 is 2.59 bits per heavy atom. The molecule has 0 fully saturated rings. The van der Waals surface area contributed by atoms with Gasteiger partial charge in [-0.05, 0) is 25.3 Å². The maximum atomic E-state index is 11.5. The molecule has 0 saturated carbocycles. The van der Waals surface area contributed by atoms with E-state index >= 15 is 0 Å². The zero-order valence-electron chi connectivity index (χ0n) is 9.95. The van der Waals surface area contributed by atoms with Crippen molar-refractivity contribution in [1.82, 2.24) is 16.0 Å². The molecule has 0 aliphatic heterocycles. The molecule has 0 aliphatic carbocycles. The fraction of sp³-hybridized carbons (Fsp3) is 0.455. The Balaban J connectivity index is 2.12. The Morgan fingerprint density at radius 2 is 2.00 bits per heavy atom. The van der Waals surface area contributed by atoms with E-state index in [-0.39, 0.29) is 18.0 Å². The molecule has 0 spiro atoms. The van der Waals surface area contributed by atoms with E-state index in [0.717, 1.165) is 0 Å². The van der Waals surface area contributed by atoms with Crippen LogP contribution in [0.3, 0.4) is 0 Å². The van der Waals surface area contributed by atoms with Gasteiger partial charge in [-0.3, -0.25) is 4.79 Å². The van der Waals surface area contributed by atoms with Crippen LogP contribution in [-0.4, -0.2) is 31.1 Å². The van der Waals surface area contributed by atoms with Crippen LogP contribution < -0.4 is 16.0 Å². The zero-order valence-corrected chi connectivity index (χ0v) is 10.8. The first-order valence-electron chi connectivity index (χ1n) is 5.45. The van der Waals surface area contributed by atoms with Crippen LogP contribution in [-0.2, 0) is 0 Å². The van der Waals surface area contributed by atoms with E-state index < -0.39 is 0 Å². The molecular weight excluding hydrogens is 238 g/mol. The first-order valence-corrected chi connectivity index (χ1v) is 6.33. The molecule has 0 bridgehead atoms. The van der Waals surface area contributed by atoms with E-state index in [4.69, 9.17) is 0 Å². The number of amides is 3. The largest absolute Gasteiger partial charge is 0.350 e. The number of urea groups is 1. The molecule has 0 aromatic carbocycles. The monoisotopic (exact) mass is 255 g/mol. The first-order chi connectivity index (χ1) is 8.09. The van der Waals surface area contributed by atoms with Crippen molar-refractivity contribution in [1.29, 1.82) is 0 Å². The van der Waals surface area contributed by atoms with Crippen molar-refractivity contribution in [2.45, 2.75) is 19.9 Å². The van der Waals surface area contributed by atoms with E-state index in [0.29, 0.717) is 18.0 Å². The maximum Gasteiger partial charge on any atom is 0.315 e. The molecule has 0 radical (unpaired) electrons. The van der Waals surface area contributed by atoms with Gasteiger partial charge < -0.3 is 16.0 Å². The Morgan fingerprint density at radius 1 is 1.29 bits per heavy atom. The highest BCUT2D eigenvalue weighted by Gasteiger charge is 2.05. The Kier molecular flexibility index (Phi) is 5.48. The molecule has 1 heterocycles. The summed E-state index contributed by atoms with van der Waals surface area (Å²) >= 11 is 1.39. The van der Waals surface area contributed by atoms with Crippen molar-refractivity contribution in [3.8, 4) is 0 Å². The van der Waals surface area contributed by atoms with Gasteiger partial charge >= 0.3 is 6.03 Å². The summed E-state index contributed by atoms with van der Waals surface area (Å²) < 4.78 is 0. The highest BCUT2D eigenvalue weighted by atomic mass is 32.1. The molecule has 0 atom stereocenters. The second-order valence-corrected chi connectivity index (χ2v) is 4.74. The quantitative estimate of drug-likeness (QED) is 0.692. The zero-order chi connectivity index (χ0) is 12.7. The minimum Gasteiger partial charge on any atom is -0.350 e. The highest BCUT2D eigenvalue weighted by molar-refractivity contribution is 7.12. The van der Waals surface area contributed by atoms with Gasteiger partial charge in [-0.15, -0.1) is 11.3 Å². The van der Waals surface area contributed by atoms with Crippen LogP contribution in [0.1, 0.15) is 23.5 Å². The number of hydrogen-bond acceptors (Lipinski definition) is 3. The predicted molar refractivity (Wildman–Crippen MR) is 68.3 cm³/mol. The number of carbonyl (C=O) groups excluding carboxylic acids is 2. The normalized spacial score (nSPS) is 10.1. The van der Waals surface area contributed by atoms with Crippen molar-refractivity contribution in [2.75, 3.05) is 13.1 Å². The van der Waals surface area contributed by atoms with Crippen molar-refractivity contribution < 1.29 is 9.59 Å². The van der Waals surface area contributed by atoms with Crippen molar-refractivity contribution >= 4 is 23.3 Å². The van der Waals surface area contributed by atoms with Crippen LogP contribution >= 0.6 is 11.3 Å². The van der Waals surface area contributed by atoms with Crippen LogP contribution in [0.25, 0.3) is 0 Å². The fourth-order valence-corrected chi connectivity index (χ4v) is 1.80. The SMILES string of the molecule is CC(C)NC(=O)NCCNC(=O)c1cccs1. The van der Waals surface area contributed by atoms with Crippen LogP contribution in [0.2, 0.25) is 0 Å². The number of carbonyl (C=O) groups is 2. The summed E-state index contributed by atoms with van der Waals surface area (Å²) in [6.45, 7) is 4.61. The van der Waals surface area contributed by atoms with Crippen LogP contribution in [0.5, 0.6) is 0 Å². The second kappa shape index (κ2) is 6.90. The van der Waals surface area contributed by atoms with Crippen LogP contribution in [0.15, 0.2) is 17.5 Å². The van der Waals surface area contributed by atoms with Gasteiger partial charge in [-0.2, -0.15) is 0 Å². The molecule has 1 rings (SSSR count). The van der Waals surface area contributed by atoms with Gasteiger partial charge in [0.1, 0.15) is 0 Å². The smallest absolute Gasteiger partial charge is 0.315 e. The summed E-state index contributed by atoms with van der Waals surface area (Å²) in [6, 6.07) is 3.48. The lowest BCUT2D eigenvalue weighted by Gasteiger charge is -2.10. The van der Waals surface area contributed by atoms with Crippen LogP contribution in [0.4, 0.5) is 4.79 Å². The van der Waals surface area contributed by atoms with Gasteiger partial charge in [-0.1, -0.05) is 6.07 Å². The minimum atomic E-state index is -0.217. The van der Waals surface area contributed by atoms with Crippen molar-refractivity contribution in [2.24, 2.45) is 0 Å². The molecular formula is C11H17N3O2S. The summed E-state index contributed by atoms with van der Waals surface area (Å²) in [5, 5.41) is 9.92. The van der Waals surface area contributed by atoms with E-state index in [2.05, 4.69) is 16.0 Å². The first kappa shape index (κ1) is 13.5. The third-order valence-corrected chi connectivity index (χ3v) is 2.73. The third kappa shape index (κ3) is 5.35. The van der Waals surface area contributed by atoms with Gasteiger partial charge in [0.25, 0.3) is 5.91 Å². The van der Waals surface area contributed by atoms with Gasteiger partial charge in [-0.25, -0.2) is 4.79 Å². The summed E-state index contributed by atoms with van der Waals surface area (Å²) in [7, 11) is 0. The lowest BCUT2D eigenvalue weighted by molar-refractivity contribution is 0.0958. The molecule has 0 saturated heterocycles. The van der Waals surface area contributed by atoms with Gasteiger partial charge in [0.15, 0.2) is 0 Å². The van der Waals surface area contributed by atoms with E-state index in [1.807, 2.05) is 25.3 Å². The number of thiophene rings is 1. The highest BCUT2D eigenvalue weighted by Crippen LogP contribution is 2.07. The molecule has 3 N–H and O–H groups in total. The van der Waals surface area contributed by atoms with Gasteiger partial charge in [0.2, 0.25) is 0 Å².